The van der Waals surface area contributed by atoms with E-state index in [1.165, 1.54) is 11.3 Å². The number of hydrogen-bond acceptors (Lipinski definition) is 5. The van der Waals surface area contributed by atoms with Gasteiger partial charge in [0, 0.05) is 11.8 Å². The van der Waals surface area contributed by atoms with Crippen molar-refractivity contribution in [2.45, 2.75) is 13.0 Å². The van der Waals surface area contributed by atoms with Crippen molar-refractivity contribution < 1.29 is 9.21 Å². The van der Waals surface area contributed by atoms with Crippen molar-refractivity contribution in [3.8, 4) is 0 Å². The van der Waals surface area contributed by atoms with Gasteiger partial charge in [0.1, 0.15) is 5.76 Å². The van der Waals surface area contributed by atoms with Crippen LogP contribution in [0.25, 0.3) is 6.08 Å². The lowest BCUT2D eigenvalue weighted by atomic mass is 9.95. The lowest BCUT2D eigenvalue weighted by Crippen LogP contribution is -2.40. The number of nitrogens with one attached hydrogen (secondary N) is 1. The van der Waals surface area contributed by atoms with Crippen molar-refractivity contribution in [2.75, 3.05) is 5.32 Å². The van der Waals surface area contributed by atoms with Gasteiger partial charge in [-0.1, -0.05) is 59.9 Å². The predicted octanol–water partition coefficient (Wildman–Crippen LogP) is 3.47. The summed E-state index contributed by atoms with van der Waals surface area (Å²) < 4.78 is 7.48. The van der Waals surface area contributed by atoms with Crippen molar-refractivity contribution >= 4 is 29.0 Å². The van der Waals surface area contributed by atoms with Gasteiger partial charge in [-0.05, 0) is 36.8 Å². The number of amides is 1. The number of rotatable bonds is 4. The third-order valence-corrected chi connectivity index (χ3v) is 6.21. The summed E-state index contributed by atoms with van der Waals surface area (Å²) in [6, 6.07) is 21.8. The quantitative estimate of drug-likeness (QED) is 0.527. The summed E-state index contributed by atoms with van der Waals surface area (Å²) in [6.07, 6.45) is 3.26. The second kappa shape index (κ2) is 8.28. The summed E-state index contributed by atoms with van der Waals surface area (Å²) in [4.78, 5) is 32.0. The summed E-state index contributed by atoms with van der Waals surface area (Å²) in [5, 5.41) is 2.94. The van der Waals surface area contributed by atoms with Crippen molar-refractivity contribution in [1.29, 1.82) is 0 Å². The van der Waals surface area contributed by atoms with Crippen LogP contribution in [-0.2, 0) is 4.79 Å². The number of carbonyl (C=O) groups excluding carboxylic acids is 1. The molecule has 7 heteroatoms. The van der Waals surface area contributed by atoms with Crippen LogP contribution in [0.2, 0.25) is 0 Å². The van der Waals surface area contributed by atoms with E-state index >= 15 is 0 Å². The summed E-state index contributed by atoms with van der Waals surface area (Å²) in [6.45, 7) is 1.81. The summed E-state index contributed by atoms with van der Waals surface area (Å²) in [7, 11) is 0. The van der Waals surface area contributed by atoms with Crippen LogP contribution in [0.4, 0.5) is 5.69 Å². The molecule has 0 saturated heterocycles. The van der Waals surface area contributed by atoms with E-state index in [-0.39, 0.29) is 11.5 Å². The molecule has 4 aromatic rings. The van der Waals surface area contributed by atoms with Gasteiger partial charge >= 0.3 is 0 Å². The Morgan fingerprint density at radius 1 is 1.06 bits per heavy atom. The maximum absolute atomic E-state index is 13.4. The fourth-order valence-corrected chi connectivity index (χ4v) is 4.81. The van der Waals surface area contributed by atoms with Crippen molar-refractivity contribution in [3.63, 3.8) is 0 Å². The Morgan fingerprint density at radius 2 is 1.78 bits per heavy atom. The Labute approximate surface area is 187 Å². The standard InChI is InChI=1S/C25H19N3O3S/c1-16-21(23(29)27-18-11-6-3-7-12-18)22(17-9-4-2-5-10-17)28-24(30)20(32-25(28)26-16)15-19-13-8-14-31-19/h2-15,22H,1H3,(H,27,29)/b20-15-/t22-/m1/s1. The number of aromatic nitrogens is 1. The molecule has 0 radical (unpaired) electrons. The van der Waals surface area contributed by atoms with E-state index in [0.717, 1.165) is 5.56 Å². The molecule has 5 rings (SSSR count). The molecular formula is C25H19N3O3S. The Bertz CT molecular complexity index is 1480. The van der Waals surface area contributed by atoms with Gasteiger partial charge in [0.25, 0.3) is 11.5 Å². The summed E-state index contributed by atoms with van der Waals surface area (Å²) >= 11 is 1.28. The highest BCUT2D eigenvalue weighted by atomic mass is 32.1. The number of benzene rings is 2. The second-order valence-corrected chi connectivity index (χ2v) is 8.34. The van der Waals surface area contributed by atoms with E-state index in [0.29, 0.717) is 32.1 Å². The molecule has 32 heavy (non-hydrogen) atoms. The number of carbonyl (C=O) groups is 1. The van der Waals surface area contributed by atoms with Gasteiger partial charge in [-0.25, -0.2) is 4.99 Å². The minimum atomic E-state index is -0.588. The first kappa shape index (κ1) is 20.0. The van der Waals surface area contributed by atoms with E-state index in [4.69, 9.17) is 4.42 Å². The van der Waals surface area contributed by atoms with Crippen molar-refractivity contribution in [3.05, 3.63) is 121 Å². The number of fused-ring (bicyclic) bond motifs is 1. The number of anilines is 1. The largest absolute Gasteiger partial charge is 0.465 e. The highest BCUT2D eigenvalue weighted by Crippen LogP contribution is 2.30. The molecule has 2 aromatic heterocycles. The van der Waals surface area contributed by atoms with Gasteiger partial charge in [-0.2, -0.15) is 0 Å². The molecule has 3 heterocycles. The van der Waals surface area contributed by atoms with Gasteiger partial charge < -0.3 is 9.73 Å². The molecular weight excluding hydrogens is 422 g/mol. The first-order valence-corrected chi connectivity index (χ1v) is 10.9. The van der Waals surface area contributed by atoms with E-state index < -0.39 is 6.04 Å². The summed E-state index contributed by atoms with van der Waals surface area (Å²) in [5.74, 6) is 0.302. The Kier molecular flexibility index (Phi) is 5.17. The fraction of sp³-hybridized carbons (Fsp3) is 0.0800. The van der Waals surface area contributed by atoms with Gasteiger partial charge in [0.05, 0.1) is 28.1 Å². The topological polar surface area (TPSA) is 76.6 Å². The molecule has 1 amide bonds. The molecule has 1 N–H and O–H groups in total. The number of hydrogen-bond donors (Lipinski definition) is 1. The van der Waals surface area contributed by atoms with Crippen LogP contribution in [-0.4, -0.2) is 10.5 Å². The molecule has 0 spiro atoms. The molecule has 0 saturated carbocycles. The number of furan rings is 1. The first-order chi connectivity index (χ1) is 15.6. The smallest absolute Gasteiger partial charge is 0.271 e. The summed E-state index contributed by atoms with van der Waals surface area (Å²) in [5.41, 5.74) is 2.33. The number of para-hydroxylation sites is 1. The highest BCUT2D eigenvalue weighted by molar-refractivity contribution is 7.07. The van der Waals surface area contributed by atoms with E-state index in [1.807, 2.05) is 60.7 Å². The molecule has 158 valence electrons. The van der Waals surface area contributed by atoms with Crippen LogP contribution in [0.3, 0.4) is 0 Å². The van der Waals surface area contributed by atoms with Crippen LogP contribution in [0, 0.1) is 0 Å². The molecule has 2 aromatic carbocycles. The Morgan fingerprint density at radius 3 is 2.47 bits per heavy atom. The molecule has 1 aliphatic rings. The van der Waals surface area contributed by atoms with Crippen molar-refractivity contribution in [2.24, 2.45) is 4.99 Å². The SMILES string of the molecule is CC1=C(C(=O)Nc2ccccc2)[C@@H](c2ccccc2)n2c(s/c(=C\c3ccco3)c2=O)=N1. The third kappa shape index (κ3) is 3.63. The molecule has 0 unspecified atom stereocenters. The molecule has 0 aliphatic carbocycles. The van der Waals surface area contributed by atoms with Crippen LogP contribution in [0.5, 0.6) is 0 Å². The average Bonchev–Trinajstić information content (AvgIpc) is 3.42. The number of nitrogens with zero attached hydrogens (tertiary/aromatic N) is 2. The second-order valence-electron chi connectivity index (χ2n) is 7.33. The van der Waals surface area contributed by atoms with Crippen LogP contribution >= 0.6 is 11.3 Å². The molecule has 0 bridgehead atoms. The first-order valence-electron chi connectivity index (χ1n) is 10.1. The Balaban J connectivity index is 1.68. The molecule has 1 atom stereocenters. The highest BCUT2D eigenvalue weighted by Gasteiger charge is 2.32. The van der Waals surface area contributed by atoms with Gasteiger partial charge in [0.2, 0.25) is 0 Å². The van der Waals surface area contributed by atoms with Gasteiger partial charge in [-0.15, -0.1) is 0 Å². The third-order valence-electron chi connectivity index (χ3n) is 5.23. The average molecular weight is 442 g/mol. The van der Waals surface area contributed by atoms with E-state index in [9.17, 15) is 9.59 Å². The number of thiazole rings is 1. The minimum absolute atomic E-state index is 0.212. The lowest BCUT2D eigenvalue weighted by Gasteiger charge is -2.25. The zero-order valence-electron chi connectivity index (χ0n) is 17.2. The molecule has 0 fully saturated rings. The van der Waals surface area contributed by atoms with E-state index in [1.54, 1.807) is 36.0 Å². The zero-order valence-corrected chi connectivity index (χ0v) is 18.0. The number of allylic oxidation sites excluding steroid dienone is 1. The van der Waals surface area contributed by atoms with E-state index in [2.05, 4.69) is 10.3 Å². The predicted molar refractivity (Wildman–Crippen MR) is 124 cm³/mol. The lowest BCUT2D eigenvalue weighted by molar-refractivity contribution is -0.113. The maximum atomic E-state index is 13.4. The zero-order chi connectivity index (χ0) is 22.1. The maximum Gasteiger partial charge on any atom is 0.271 e. The monoisotopic (exact) mass is 441 g/mol. The van der Waals surface area contributed by atoms with Crippen LogP contribution < -0.4 is 20.2 Å². The fourth-order valence-electron chi connectivity index (χ4n) is 3.79. The van der Waals surface area contributed by atoms with Gasteiger partial charge in [0.15, 0.2) is 4.80 Å². The van der Waals surface area contributed by atoms with Crippen LogP contribution in [0.1, 0.15) is 24.3 Å². The van der Waals surface area contributed by atoms with Crippen LogP contribution in [0.15, 0.2) is 105 Å². The normalized spacial score (nSPS) is 15.9. The molecule has 1 aliphatic heterocycles. The van der Waals surface area contributed by atoms with Gasteiger partial charge in [-0.3, -0.25) is 14.2 Å². The minimum Gasteiger partial charge on any atom is -0.465 e. The Hall–Kier alpha value is -3.97. The molecule has 6 nitrogen and oxygen atoms in total. The van der Waals surface area contributed by atoms with Crippen molar-refractivity contribution in [1.82, 2.24) is 4.57 Å².